The molecule has 0 radical (unpaired) electrons. The highest BCUT2D eigenvalue weighted by Crippen LogP contribution is 2.19. The first-order chi connectivity index (χ1) is 9.49. The van der Waals surface area contributed by atoms with Gasteiger partial charge in [-0.1, -0.05) is 0 Å². The molecule has 0 amide bonds. The summed E-state index contributed by atoms with van der Waals surface area (Å²) in [7, 11) is -3.33. The third-order valence-electron chi connectivity index (χ3n) is 2.12. The summed E-state index contributed by atoms with van der Waals surface area (Å²) in [6.45, 7) is -1.30. The monoisotopic (exact) mass is 392 g/mol. The van der Waals surface area contributed by atoms with E-state index in [1.165, 1.54) is 0 Å². The van der Waals surface area contributed by atoms with Gasteiger partial charge in [-0.15, -0.1) is 0 Å². The van der Waals surface area contributed by atoms with E-state index in [4.69, 9.17) is 0 Å². The van der Waals surface area contributed by atoms with E-state index >= 15 is 0 Å². The molecule has 7 nitrogen and oxygen atoms in total. The van der Waals surface area contributed by atoms with Crippen molar-refractivity contribution in [2.45, 2.75) is 12.7 Å². The Kier molecular flexibility index (Phi) is 5.75. The number of nitrogens with zero attached hydrogens (tertiary/aromatic N) is 2. The molecule has 12 heteroatoms. The third-order valence-corrected chi connectivity index (χ3v) is 3.61. The van der Waals surface area contributed by atoms with Gasteiger partial charge in [0.15, 0.2) is 0 Å². The van der Waals surface area contributed by atoms with Crippen LogP contribution in [-0.4, -0.2) is 43.7 Å². The van der Waals surface area contributed by atoms with E-state index in [1.54, 1.807) is 0 Å². The lowest BCUT2D eigenvalue weighted by Crippen LogP contribution is -2.32. The Hall–Kier alpha value is -1.14. The molecule has 1 aromatic rings. The normalized spacial score (nSPS) is 12.4. The average molecular weight is 393 g/mol. The van der Waals surface area contributed by atoms with E-state index < -0.39 is 28.3 Å². The highest BCUT2D eigenvalue weighted by molar-refractivity contribution is 9.10. The molecule has 0 saturated carbocycles. The molecule has 0 atom stereocenters. The summed E-state index contributed by atoms with van der Waals surface area (Å²) in [4.78, 5) is 11.7. The van der Waals surface area contributed by atoms with Crippen molar-refractivity contribution in [1.82, 2.24) is 14.5 Å². The van der Waals surface area contributed by atoms with Crippen molar-refractivity contribution in [3.05, 3.63) is 21.0 Å². The first-order valence-corrected chi connectivity index (χ1v) is 8.19. The predicted molar refractivity (Wildman–Crippen MR) is 73.6 cm³/mol. The zero-order valence-electron chi connectivity index (χ0n) is 10.7. The molecule has 120 valence electrons. The van der Waals surface area contributed by atoms with Crippen LogP contribution in [0.4, 0.5) is 18.9 Å². The molecule has 1 aromatic heterocycles. The van der Waals surface area contributed by atoms with Gasteiger partial charge in [-0.25, -0.2) is 17.8 Å². The minimum atomic E-state index is -4.55. The average Bonchev–Trinajstić information content (AvgIpc) is 2.30. The highest BCUT2D eigenvalue weighted by Gasteiger charge is 2.29. The van der Waals surface area contributed by atoms with E-state index in [-0.39, 0.29) is 27.9 Å². The van der Waals surface area contributed by atoms with Crippen LogP contribution in [0.2, 0.25) is 0 Å². The summed E-state index contributed by atoms with van der Waals surface area (Å²) in [5, 5.41) is 6.09. The van der Waals surface area contributed by atoms with Crippen molar-refractivity contribution >= 4 is 31.6 Å². The zero-order chi connectivity index (χ0) is 16.3. The van der Waals surface area contributed by atoms with Gasteiger partial charge in [0.25, 0.3) is 5.56 Å². The molecule has 2 N–H and O–H groups in total. The van der Waals surface area contributed by atoms with Gasteiger partial charge in [-0.3, -0.25) is 4.79 Å². The van der Waals surface area contributed by atoms with Gasteiger partial charge in [0.1, 0.15) is 11.0 Å². The summed E-state index contributed by atoms with van der Waals surface area (Å²) in [5.74, 6) is 0. The standard InChI is InChI=1S/C9H12BrF3N4O3S/c1-21(19,20)16-3-2-14-6-4-15-17(5-9(11,12)13)8(18)7(6)10/h4,14,16H,2-3,5H2,1H3. The Balaban J connectivity index is 2.74. The van der Waals surface area contributed by atoms with Crippen LogP contribution >= 0.6 is 15.9 Å². The van der Waals surface area contributed by atoms with Crippen molar-refractivity contribution in [3.8, 4) is 0 Å². The quantitative estimate of drug-likeness (QED) is 0.688. The van der Waals surface area contributed by atoms with Gasteiger partial charge >= 0.3 is 6.18 Å². The minimum Gasteiger partial charge on any atom is -0.381 e. The van der Waals surface area contributed by atoms with Crippen LogP contribution in [0, 0.1) is 0 Å². The predicted octanol–water partition coefficient (Wildman–Crippen LogP) is 0.529. The van der Waals surface area contributed by atoms with Gasteiger partial charge < -0.3 is 5.32 Å². The topological polar surface area (TPSA) is 93.1 Å². The first kappa shape index (κ1) is 17.9. The van der Waals surface area contributed by atoms with Crippen molar-refractivity contribution in [3.63, 3.8) is 0 Å². The van der Waals surface area contributed by atoms with Gasteiger partial charge in [-0.2, -0.15) is 18.3 Å². The highest BCUT2D eigenvalue weighted by atomic mass is 79.9. The number of halogens is 4. The molecule has 0 saturated heterocycles. The largest absolute Gasteiger partial charge is 0.408 e. The third kappa shape index (κ3) is 6.44. The van der Waals surface area contributed by atoms with E-state index in [2.05, 4.69) is 31.1 Å². The first-order valence-electron chi connectivity index (χ1n) is 5.50. The van der Waals surface area contributed by atoms with Gasteiger partial charge in [0.2, 0.25) is 10.0 Å². The Bertz CT molecular complexity index is 659. The number of anilines is 1. The Morgan fingerprint density at radius 1 is 1.38 bits per heavy atom. The molecule has 0 aliphatic heterocycles. The molecule has 0 aliphatic rings. The van der Waals surface area contributed by atoms with E-state index in [1.807, 2.05) is 0 Å². The molecule has 0 spiro atoms. The lowest BCUT2D eigenvalue weighted by molar-refractivity contribution is -0.143. The second-order valence-corrected chi connectivity index (χ2v) is 6.67. The van der Waals surface area contributed by atoms with Crippen molar-refractivity contribution in [1.29, 1.82) is 0 Å². The molecular formula is C9H12BrF3N4O3S. The molecule has 21 heavy (non-hydrogen) atoms. The van der Waals surface area contributed by atoms with Crippen molar-refractivity contribution < 1.29 is 21.6 Å². The summed E-state index contributed by atoms with van der Waals surface area (Å²) in [5.41, 5.74) is -0.762. The smallest absolute Gasteiger partial charge is 0.381 e. The molecule has 0 aromatic carbocycles. The molecule has 0 bridgehead atoms. The molecule has 0 aliphatic carbocycles. The number of hydrogen-bond acceptors (Lipinski definition) is 5. The summed E-state index contributed by atoms with van der Waals surface area (Å²) in [6, 6.07) is 0. The van der Waals surface area contributed by atoms with Crippen LogP contribution in [0.3, 0.4) is 0 Å². The molecule has 0 unspecified atom stereocenters. The Morgan fingerprint density at radius 3 is 2.52 bits per heavy atom. The fourth-order valence-corrected chi connectivity index (χ4v) is 2.22. The van der Waals surface area contributed by atoms with E-state index in [9.17, 15) is 26.4 Å². The van der Waals surface area contributed by atoms with E-state index in [0.717, 1.165) is 12.5 Å². The SMILES string of the molecule is CS(=O)(=O)NCCNc1cnn(CC(F)(F)F)c(=O)c1Br. The molecule has 1 rings (SSSR count). The second-order valence-electron chi connectivity index (χ2n) is 4.04. The number of hydrogen-bond donors (Lipinski definition) is 2. The summed E-state index contributed by atoms with van der Waals surface area (Å²) >= 11 is 2.89. The fraction of sp³-hybridized carbons (Fsp3) is 0.556. The van der Waals surface area contributed by atoms with Crippen LogP contribution in [-0.2, 0) is 16.6 Å². The Labute approximate surface area is 126 Å². The lowest BCUT2D eigenvalue weighted by Gasteiger charge is -2.11. The second kappa shape index (κ2) is 6.75. The zero-order valence-corrected chi connectivity index (χ0v) is 13.1. The fourth-order valence-electron chi connectivity index (χ4n) is 1.30. The van der Waals surface area contributed by atoms with Crippen LogP contribution in [0.5, 0.6) is 0 Å². The van der Waals surface area contributed by atoms with Crippen LogP contribution in [0.15, 0.2) is 15.5 Å². The van der Waals surface area contributed by atoms with Crippen LogP contribution in [0.25, 0.3) is 0 Å². The maximum atomic E-state index is 12.2. The maximum absolute atomic E-state index is 12.2. The lowest BCUT2D eigenvalue weighted by atomic mass is 10.4. The van der Waals surface area contributed by atoms with Gasteiger partial charge in [0.05, 0.1) is 18.1 Å². The molecular weight excluding hydrogens is 381 g/mol. The van der Waals surface area contributed by atoms with Crippen molar-refractivity contribution in [2.75, 3.05) is 24.7 Å². The number of nitrogens with one attached hydrogen (secondary N) is 2. The molecule has 0 fully saturated rings. The van der Waals surface area contributed by atoms with Crippen LogP contribution < -0.4 is 15.6 Å². The number of aromatic nitrogens is 2. The van der Waals surface area contributed by atoms with Gasteiger partial charge in [-0.05, 0) is 15.9 Å². The van der Waals surface area contributed by atoms with Crippen molar-refractivity contribution in [2.24, 2.45) is 0 Å². The van der Waals surface area contributed by atoms with Gasteiger partial charge in [0, 0.05) is 13.1 Å². The minimum absolute atomic E-state index is 0.0525. The summed E-state index contributed by atoms with van der Waals surface area (Å²) in [6.07, 6.45) is -2.51. The number of sulfonamides is 1. The van der Waals surface area contributed by atoms with E-state index in [0.29, 0.717) is 0 Å². The number of alkyl halides is 3. The Morgan fingerprint density at radius 2 is 2.00 bits per heavy atom. The number of rotatable bonds is 6. The van der Waals surface area contributed by atoms with Crippen LogP contribution in [0.1, 0.15) is 0 Å². The molecule has 1 heterocycles. The summed E-state index contributed by atoms with van der Waals surface area (Å²) < 4.78 is 60.7. The maximum Gasteiger partial charge on any atom is 0.408 e.